The number of rotatable bonds is 6. The minimum absolute atomic E-state index is 0.0587. The van der Waals surface area contributed by atoms with E-state index in [-0.39, 0.29) is 28.7 Å². The molecule has 9 heteroatoms. The van der Waals surface area contributed by atoms with Crippen molar-refractivity contribution in [3.8, 4) is 11.4 Å². The first-order chi connectivity index (χ1) is 16.0. The molecule has 2 aromatic carbocycles. The molecule has 2 aromatic heterocycles. The molecule has 0 saturated carbocycles. The number of nitrogens with one attached hydrogen (secondary N) is 1. The first-order valence-electron chi connectivity index (χ1n) is 10.7. The number of carbonyl (C=O) groups is 1. The summed E-state index contributed by atoms with van der Waals surface area (Å²) >= 11 is 1.18. The van der Waals surface area contributed by atoms with Crippen LogP contribution in [0.3, 0.4) is 0 Å². The summed E-state index contributed by atoms with van der Waals surface area (Å²) in [6.07, 6.45) is 2.68. The lowest BCUT2D eigenvalue weighted by Gasteiger charge is -2.22. The fourth-order valence-corrected chi connectivity index (χ4v) is 5.18. The molecule has 3 heterocycles. The van der Waals surface area contributed by atoms with Crippen LogP contribution >= 0.6 is 11.3 Å². The molecule has 4 aromatic rings. The first kappa shape index (κ1) is 21.4. The molecule has 1 N–H and O–H groups in total. The number of halogens is 2. The summed E-state index contributed by atoms with van der Waals surface area (Å²) in [6, 6.07) is 13.3. The fourth-order valence-electron chi connectivity index (χ4n) is 4.17. The number of carbonyl (C=O) groups excluding carboxylic acids is 1. The SMILES string of the molecule is O=C(CCc1ccccc1)[C@H]1CCCN1c1nc2c(=O)[nH]c(-c3cccc(F)c3F)nc2s1. The third-order valence-corrected chi connectivity index (χ3v) is 6.82. The Morgan fingerprint density at radius 1 is 1.12 bits per heavy atom. The molecule has 168 valence electrons. The van der Waals surface area contributed by atoms with Gasteiger partial charge in [-0.25, -0.2) is 18.7 Å². The molecule has 1 saturated heterocycles. The molecule has 0 amide bonds. The molecule has 0 bridgehead atoms. The maximum Gasteiger partial charge on any atom is 0.278 e. The van der Waals surface area contributed by atoms with Crippen LogP contribution in [0.15, 0.2) is 53.3 Å². The number of H-pyrrole nitrogens is 1. The van der Waals surface area contributed by atoms with Crippen LogP contribution in [0.5, 0.6) is 0 Å². The molecule has 0 spiro atoms. The molecule has 6 nitrogen and oxygen atoms in total. The lowest BCUT2D eigenvalue weighted by Crippen LogP contribution is -2.36. The number of hydrogen-bond donors (Lipinski definition) is 1. The lowest BCUT2D eigenvalue weighted by molar-refractivity contribution is -0.120. The monoisotopic (exact) mass is 466 g/mol. The number of ketones is 1. The number of benzene rings is 2. The van der Waals surface area contributed by atoms with Gasteiger partial charge in [0.05, 0.1) is 11.6 Å². The minimum atomic E-state index is -1.08. The van der Waals surface area contributed by atoms with E-state index in [1.54, 1.807) is 0 Å². The second-order valence-corrected chi connectivity index (χ2v) is 8.93. The van der Waals surface area contributed by atoms with Crippen LogP contribution in [0.2, 0.25) is 0 Å². The van der Waals surface area contributed by atoms with E-state index in [0.29, 0.717) is 29.3 Å². The Balaban J connectivity index is 1.42. The standard InChI is InChI=1S/C24H20F2N4O2S/c25-16-9-4-8-15(19(16)26)21-28-22(32)20-23(29-21)33-24(27-20)30-13-5-10-17(30)18(31)12-11-14-6-2-1-3-7-14/h1-4,6-9,17H,5,10-13H2,(H,28,29,32)/t17-/m1/s1. The molecule has 0 unspecified atom stereocenters. The van der Waals surface area contributed by atoms with Crippen molar-refractivity contribution in [3.05, 3.63) is 76.1 Å². The number of aromatic amines is 1. The van der Waals surface area contributed by atoms with Crippen molar-refractivity contribution in [1.82, 2.24) is 15.0 Å². The van der Waals surface area contributed by atoms with Gasteiger partial charge >= 0.3 is 0 Å². The van der Waals surface area contributed by atoms with Crippen molar-refractivity contribution in [2.45, 2.75) is 31.7 Å². The Labute approximate surface area is 191 Å². The minimum Gasteiger partial charge on any atom is -0.338 e. The zero-order valence-electron chi connectivity index (χ0n) is 17.6. The lowest BCUT2D eigenvalue weighted by atomic mass is 10.0. The van der Waals surface area contributed by atoms with Crippen molar-refractivity contribution < 1.29 is 13.6 Å². The molecule has 1 aliphatic heterocycles. The highest BCUT2D eigenvalue weighted by Gasteiger charge is 2.32. The number of Topliss-reactive ketones (excluding diaryl/α,β-unsaturated/α-hetero) is 1. The van der Waals surface area contributed by atoms with Crippen molar-refractivity contribution in [1.29, 1.82) is 0 Å². The van der Waals surface area contributed by atoms with Gasteiger partial charge < -0.3 is 9.88 Å². The van der Waals surface area contributed by atoms with Gasteiger partial charge in [-0.3, -0.25) is 9.59 Å². The fraction of sp³-hybridized carbons (Fsp3) is 0.250. The summed E-state index contributed by atoms with van der Waals surface area (Å²) in [4.78, 5) is 39.1. The quantitative estimate of drug-likeness (QED) is 0.453. The second kappa shape index (κ2) is 8.82. The number of aryl methyl sites for hydroxylation is 1. The van der Waals surface area contributed by atoms with E-state index in [1.807, 2.05) is 35.2 Å². The van der Waals surface area contributed by atoms with Gasteiger partial charge in [0.25, 0.3) is 5.56 Å². The smallest absolute Gasteiger partial charge is 0.278 e. The van der Waals surface area contributed by atoms with E-state index in [2.05, 4.69) is 15.0 Å². The maximum atomic E-state index is 14.2. The third-order valence-electron chi connectivity index (χ3n) is 5.84. The summed E-state index contributed by atoms with van der Waals surface area (Å²) < 4.78 is 27.8. The Bertz CT molecular complexity index is 1390. The normalized spacial score (nSPS) is 15.9. The van der Waals surface area contributed by atoms with Crippen LogP contribution in [-0.2, 0) is 11.2 Å². The summed E-state index contributed by atoms with van der Waals surface area (Å²) in [5.74, 6) is -2.01. The molecule has 0 aliphatic carbocycles. The molecular weight excluding hydrogens is 446 g/mol. The van der Waals surface area contributed by atoms with Crippen LogP contribution in [0, 0.1) is 11.6 Å². The average Bonchev–Trinajstić information content (AvgIpc) is 3.47. The van der Waals surface area contributed by atoms with Crippen LogP contribution in [-0.4, -0.2) is 33.3 Å². The van der Waals surface area contributed by atoms with Gasteiger partial charge in [0.15, 0.2) is 32.9 Å². The van der Waals surface area contributed by atoms with E-state index in [1.165, 1.54) is 23.5 Å². The van der Waals surface area contributed by atoms with Crippen LogP contribution < -0.4 is 10.5 Å². The van der Waals surface area contributed by atoms with Gasteiger partial charge in [-0.15, -0.1) is 0 Å². The first-order valence-corrected chi connectivity index (χ1v) is 11.5. The van der Waals surface area contributed by atoms with E-state index in [9.17, 15) is 18.4 Å². The van der Waals surface area contributed by atoms with Gasteiger partial charge in [-0.2, -0.15) is 0 Å². The molecule has 1 aliphatic rings. The molecular formula is C24H20F2N4O2S. The number of aromatic nitrogens is 3. The molecule has 5 rings (SSSR count). The average molecular weight is 467 g/mol. The largest absolute Gasteiger partial charge is 0.338 e. The van der Waals surface area contributed by atoms with Crippen molar-refractivity contribution in [3.63, 3.8) is 0 Å². The van der Waals surface area contributed by atoms with Gasteiger partial charge in [0.1, 0.15) is 5.82 Å². The Hall–Kier alpha value is -3.46. The van der Waals surface area contributed by atoms with E-state index < -0.39 is 17.2 Å². The highest BCUT2D eigenvalue weighted by atomic mass is 32.1. The number of fused-ring (bicyclic) bond motifs is 1. The molecule has 1 fully saturated rings. The van der Waals surface area contributed by atoms with Gasteiger partial charge in [-0.1, -0.05) is 47.7 Å². The van der Waals surface area contributed by atoms with Gasteiger partial charge in [-0.05, 0) is 37.0 Å². The van der Waals surface area contributed by atoms with E-state index in [0.717, 1.165) is 24.5 Å². The highest BCUT2D eigenvalue weighted by molar-refractivity contribution is 7.21. The number of nitrogens with zero attached hydrogens (tertiary/aromatic N) is 3. The zero-order valence-corrected chi connectivity index (χ0v) is 18.4. The molecule has 33 heavy (non-hydrogen) atoms. The predicted molar refractivity (Wildman–Crippen MR) is 124 cm³/mol. The van der Waals surface area contributed by atoms with Crippen LogP contribution in [0.1, 0.15) is 24.8 Å². The summed E-state index contributed by atoms with van der Waals surface area (Å²) in [5.41, 5.74) is 0.576. The van der Waals surface area contributed by atoms with E-state index >= 15 is 0 Å². The third kappa shape index (κ3) is 4.16. The maximum absolute atomic E-state index is 14.2. The number of thiazole rings is 1. The highest BCUT2D eigenvalue weighted by Crippen LogP contribution is 2.33. The predicted octanol–water partition coefficient (Wildman–Crippen LogP) is 4.50. The zero-order chi connectivity index (χ0) is 22.9. The summed E-state index contributed by atoms with van der Waals surface area (Å²) in [7, 11) is 0. The van der Waals surface area contributed by atoms with E-state index in [4.69, 9.17) is 0 Å². The number of anilines is 1. The van der Waals surface area contributed by atoms with Gasteiger partial charge in [0.2, 0.25) is 0 Å². The van der Waals surface area contributed by atoms with Gasteiger partial charge in [0, 0.05) is 13.0 Å². The van der Waals surface area contributed by atoms with Crippen LogP contribution in [0.4, 0.5) is 13.9 Å². The number of hydrogen-bond acceptors (Lipinski definition) is 6. The van der Waals surface area contributed by atoms with Crippen molar-refractivity contribution in [2.24, 2.45) is 0 Å². The topological polar surface area (TPSA) is 79.0 Å². The second-order valence-electron chi connectivity index (χ2n) is 7.97. The van der Waals surface area contributed by atoms with Crippen LogP contribution in [0.25, 0.3) is 21.7 Å². The molecule has 1 atom stereocenters. The summed E-state index contributed by atoms with van der Waals surface area (Å²) in [5, 5.41) is 0.537. The summed E-state index contributed by atoms with van der Waals surface area (Å²) in [6.45, 7) is 0.658. The van der Waals surface area contributed by atoms with Crippen molar-refractivity contribution in [2.75, 3.05) is 11.4 Å². The Morgan fingerprint density at radius 3 is 2.76 bits per heavy atom. The Morgan fingerprint density at radius 2 is 1.94 bits per heavy atom. The Kier molecular flexibility index (Phi) is 5.72. The molecule has 0 radical (unpaired) electrons. The van der Waals surface area contributed by atoms with Crippen molar-refractivity contribution >= 4 is 32.6 Å².